The van der Waals surface area contributed by atoms with Crippen molar-refractivity contribution >= 4 is 35.5 Å². The van der Waals surface area contributed by atoms with E-state index in [1.807, 2.05) is 18.2 Å². The molecule has 0 heterocycles. The van der Waals surface area contributed by atoms with Crippen LogP contribution in [-0.2, 0) is 25.6 Å². The fourth-order valence-electron chi connectivity index (χ4n) is 3.01. The molecule has 0 saturated heterocycles. The molecule has 10 N–H and O–H groups in total. The molecule has 0 spiro atoms. The molecule has 2 rings (SSSR count). The lowest BCUT2D eigenvalue weighted by molar-refractivity contribution is -0.193. The van der Waals surface area contributed by atoms with E-state index in [1.165, 1.54) is 0 Å². The summed E-state index contributed by atoms with van der Waals surface area (Å²) in [6.07, 6.45) is -8.72. The quantitative estimate of drug-likeness (QED) is 0.110. The van der Waals surface area contributed by atoms with E-state index in [2.05, 4.69) is 5.32 Å². The smallest absolute Gasteiger partial charge is 0.480 e. The van der Waals surface area contributed by atoms with E-state index in [4.69, 9.17) is 47.2 Å². The highest BCUT2D eigenvalue weighted by molar-refractivity contribution is 5.95. The summed E-state index contributed by atoms with van der Waals surface area (Å²) in [6, 6.07) is 14.5. The van der Waals surface area contributed by atoms with Crippen LogP contribution in [0, 0.1) is 10.8 Å². The number of aryl methyl sites for hydroxylation is 1. The summed E-state index contributed by atoms with van der Waals surface area (Å²) in [6.45, 7) is -0.425. The van der Waals surface area contributed by atoms with Crippen LogP contribution in [0.15, 0.2) is 48.5 Å². The van der Waals surface area contributed by atoms with E-state index < -0.39 is 36.8 Å². The van der Waals surface area contributed by atoms with Crippen molar-refractivity contribution in [2.24, 2.45) is 11.5 Å². The van der Waals surface area contributed by atoms with Gasteiger partial charge in [0.1, 0.15) is 18.2 Å². The van der Waals surface area contributed by atoms with Crippen LogP contribution < -0.4 is 16.8 Å². The summed E-state index contributed by atoms with van der Waals surface area (Å²) in [5.74, 6) is -7.18. The Morgan fingerprint density at radius 3 is 1.65 bits per heavy atom. The average Bonchev–Trinajstić information content (AvgIpc) is 2.89. The SMILES string of the molecule is N=C(N)c1ccc(CCC(CC(=O)NCC(=O)O)c2cccc(C(=N)N)c2)cc1.O=C(O)C(F)(F)F.O=C(O)C(F)(F)F. The number of carbonyl (C=O) groups excluding carboxylic acids is 1. The molecule has 0 aliphatic carbocycles. The molecule has 0 aliphatic rings. The highest BCUT2D eigenvalue weighted by Crippen LogP contribution is 2.26. The first-order chi connectivity index (χ1) is 19.6. The van der Waals surface area contributed by atoms with Gasteiger partial charge in [-0.1, -0.05) is 42.5 Å². The number of carboxylic acid groups (broad SMARTS) is 3. The number of nitrogens with two attached hydrogens (primary N) is 2. The van der Waals surface area contributed by atoms with Gasteiger partial charge < -0.3 is 32.1 Å². The van der Waals surface area contributed by atoms with Gasteiger partial charge in [-0.25, -0.2) is 9.59 Å². The molecule has 1 unspecified atom stereocenters. The molecule has 18 heteroatoms. The molecule has 0 saturated carbocycles. The Balaban J connectivity index is 0.00000104. The molecule has 43 heavy (non-hydrogen) atoms. The number of amides is 1. The number of carboxylic acids is 3. The first-order valence-electron chi connectivity index (χ1n) is 11.6. The van der Waals surface area contributed by atoms with Gasteiger partial charge in [-0.2, -0.15) is 26.3 Å². The normalized spacial score (nSPS) is 11.4. The molecule has 0 aliphatic heterocycles. The molecule has 0 fully saturated rings. The van der Waals surface area contributed by atoms with E-state index in [1.54, 1.807) is 30.3 Å². The predicted octanol–water partition coefficient (Wildman–Crippen LogP) is 2.83. The molecule has 0 radical (unpaired) electrons. The Bertz CT molecular complexity index is 1270. The molecule has 236 valence electrons. The zero-order valence-corrected chi connectivity index (χ0v) is 21.9. The monoisotopic (exact) mass is 623 g/mol. The van der Waals surface area contributed by atoms with Crippen molar-refractivity contribution in [3.8, 4) is 0 Å². The lowest BCUT2D eigenvalue weighted by Gasteiger charge is -2.18. The number of hydrogen-bond donors (Lipinski definition) is 8. The first-order valence-corrected chi connectivity index (χ1v) is 11.6. The van der Waals surface area contributed by atoms with E-state index >= 15 is 0 Å². The minimum Gasteiger partial charge on any atom is -0.480 e. The van der Waals surface area contributed by atoms with Gasteiger partial charge in [-0.15, -0.1) is 0 Å². The Hall–Kier alpha value is -5.16. The number of rotatable bonds is 10. The lowest BCUT2D eigenvalue weighted by Crippen LogP contribution is -2.30. The minimum absolute atomic E-state index is 0.00516. The first kappa shape index (κ1) is 37.8. The lowest BCUT2D eigenvalue weighted by atomic mass is 9.88. The van der Waals surface area contributed by atoms with Crippen LogP contribution in [0.2, 0.25) is 0 Å². The molecular formula is C25H27F6N5O7. The summed E-state index contributed by atoms with van der Waals surface area (Å²) < 4.78 is 63.5. The summed E-state index contributed by atoms with van der Waals surface area (Å²) in [5, 5.41) is 40.5. The van der Waals surface area contributed by atoms with Crippen molar-refractivity contribution in [2.75, 3.05) is 6.54 Å². The van der Waals surface area contributed by atoms with Crippen LogP contribution in [0.1, 0.15) is 41.0 Å². The van der Waals surface area contributed by atoms with E-state index in [-0.39, 0.29) is 29.9 Å². The van der Waals surface area contributed by atoms with Crippen molar-refractivity contribution in [3.05, 3.63) is 70.8 Å². The number of nitrogen functional groups attached to an aromatic ring is 2. The number of hydrogen-bond acceptors (Lipinski definition) is 6. The second kappa shape index (κ2) is 16.9. The molecule has 2 aromatic rings. The number of amidine groups is 2. The van der Waals surface area contributed by atoms with E-state index in [9.17, 15) is 35.9 Å². The number of carbonyl (C=O) groups is 4. The summed E-state index contributed by atoms with van der Waals surface area (Å²) in [5.41, 5.74) is 14.2. The third-order valence-electron chi connectivity index (χ3n) is 5.07. The second-order valence-corrected chi connectivity index (χ2v) is 8.37. The fraction of sp³-hybridized carbons (Fsp3) is 0.280. The summed E-state index contributed by atoms with van der Waals surface area (Å²) in [4.78, 5) is 40.7. The molecule has 0 aromatic heterocycles. The fourth-order valence-corrected chi connectivity index (χ4v) is 3.01. The van der Waals surface area contributed by atoms with Crippen LogP contribution in [0.4, 0.5) is 26.3 Å². The number of benzene rings is 2. The Kier molecular flexibility index (Phi) is 14.9. The number of nitrogens with one attached hydrogen (secondary N) is 3. The topological polar surface area (TPSA) is 241 Å². The standard InChI is InChI=1S/C21H25N5O3.2C2HF3O2/c22-20(23)14-7-4-13(5-8-14)6-9-16(11-18(27)26-12-19(28)29)15-2-1-3-17(10-15)21(24)25;2*3-2(4,5)1(6)7/h1-5,7-8,10,16H,6,9,11-12H2,(H3,22,23)(H3,24,25)(H,26,27)(H,28,29);2*(H,6,7). The third kappa shape index (κ3) is 16.0. The van der Waals surface area contributed by atoms with Gasteiger partial charge in [0.25, 0.3) is 0 Å². The molecule has 1 amide bonds. The van der Waals surface area contributed by atoms with Gasteiger partial charge >= 0.3 is 30.3 Å². The maximum Gasteiger partial charge on any atom is 0.490 e. The van der Waals surface area contributed by atoms with Crippen molar-refractivity contribution in [1.82, 2.24) is 5.32 Å². The maximum absolute atomic E-state index is 12.2. The van der Waals surface area contributed by atoms with Crippen LogP contribution >= 0.6 is 0 Å². The molecule has 2 aromatic carbocycles. The number of aliphatic carboxylic acids is 3. The number of alkyl halides is 6. The highest BCUT2D eigenvalue weighted by atomic mass is 19.4. The van der Waals surface area contributed by atoms with Crippen molar-refractivity contribution in [3.63, 3.8) is 0 Å². The van der Waals surface area contributed by atoms with Gasteiger partial charge in [0.15, 0.2) is 0 Å². The molecule has 1 atom stereocenters. The Morgan fingerprint density at radius 1 is 0.791 bits per heavy atom. The van der Waals surface area contributed by atoms with Crippen molar-refractivity contribution in [2.45, 2.75) is 37.5 Å². The van der Waals surface area contributed by atoms with Crippen LogP contribution in [0.25, 0.3) is 0 Å². The molecule has 12 nitrogen and oxygen atoms in total. The predicted molar refractivity (Wildman–Crippen MR) is 139 cm³/mol. The summed E-state index contributed by atoms with van der Waals surface area (Å²) >= 11 is 0. The zero-order chi connectivity index (χ0) is 33.5. The Morgan fingerprint density at radius 2 is 1.26 bits per heavy atom. The molecule has 0 bridgehead atoms. The van der Waals surface area contributed by atoms with Gasteiger partial charge in [0, 0.05) is 17.5 Å². The summed E-state index contributed by atoms with van der Waals surface area (Å²) in [7, 11) is 0. The Labute approximate surface area is 239 Å². The second-order valence-electron chi connectivity index (χ2n) is 8.37. The van der Waals surface area contributed by atoms with Gasteiger partial charge in [-0.05, 0) is 36.0 Å². The van der Waals surface area contributed by atoms with Gasteiger partial charge in [0.2, 0.25) is 5.91 Å². The maximum atomic E-state index is 12.2. The number of halogens is 6. The van der Waals surface area contributed by atoms with Crippen LogP contribution in [-0.4, -0.2) is 69.7 Å². The van der Waals surface area contributed by atoms with Crippen molar-refractivity contribution < 1.29 is 60.8 Å². The van der Waals surface area contributed by atoms with Gasteiger partial charge in [-0.3, -0.25) is 20.4 Å². The van der Waals surface area contributed by atoms with Crippen LogP contribution in [0.3, 0.4) is 0 Å². The zero-order valence-electron chi connectivity index (χ0n) is 21.9. The van der Waals surface area contributed by atoms with E-state index in [0.717, 1.165) is 11.1 Å². The third-order valence-corrected chi connectivity index (χ3v) is 5.07. The largest absolute Gasteiger partial charge is 0.490 e. The van der Waals surface area contributed by atoms with Crippen LogP contribution in [0.5, 0.6) is 0 Å². The average molecular weight is 624 g/mol. The van der Waals surface area contributed by atoms with Gasteiger partial charge in [0.05, 0.1) is 0 Å². The minimum atomic E-state index is -5.08. The van der Waals surface area contributed by atoms with E-state index in [0.29, 0.717) is 24.0 Å². The highest BCUT2D eigenvalue weighted by Gasteiger charge is 2.38. The molecular weight excluding hydrogens is 596 g/mol. The van der Waals surface area contributed by atoms with Crippen molar-refractivity contribution in [1.29, 1.82) is 10.8 Å².